The Morgan fingerprint density at radius 2 is 2.12 bits per heavy atom. The van der Waals surface area contributed by atoms with Crippen LogP contribution in [0.2, 0.25) is 0 Å². The molecular formula is C15H26O2. The van der Waals surface area contributed by atoms with Crippen LogP contribution in [0.1, 0.15) is 46.0 Å². The first-order valence-corrected chi connectivity index (χ1v) is 6.94. The first kappa shape index (κ1) is 13.1. The van der Waals surface area contributed by atoms with Gasteiger partial charge in [-0.25, -0.2) is 0 Å². The maximum absolute atomic E-state index is 9.87. The van der Waals surface area contributed by atoms with Crippen molar-refractivity contribution in [2.24, 2.45) is 23.2 Å². The van der Waals surface area contributed by atoms with Gasteiger partial charge in [-0.1, -0.05) is 19.1 Å². The van der Waals surface area contributed by atoms with Crippen LogP contribution in [0.15, 0.2) is 12.2 Å². The van der Waals surface area contributed by atoms with Gasteiger partial charge in [-0.3, -0.25) is 0 Å². The van der Waals surface area contributed by atoms with Crippen molar-refractivity contribution in [2.75, 3.05) is 6.61 Å². The molecule has 0 aliphatic heterocycles. The van der Waals surface area contributed by atoms with Gasteiger partial charge in [0.1, 0.15) is 0 Å². The van der Waals surface area contributed by atoms with Crippen LogP contribution in [-0.2, 0) is 0 Å². The van der Waals surface area contributed by atoms with Crippen LogP contribution in [0.4, 0.5) is 0 Å². The molecule has 2 N–H and O–H groups in total. The Kier molecular flexibility index (Phi) is 3.65. The summed E-state index contributed by atoms with van der Waals surface area (Å²) in [6.07, 6.45) is 5.05. The molecule has 0 saturated heterocycles. The van der Waals surface area contributed by atoms with Gasteiger partial charge in [0, 0.05) is 6.61 Å². The van der Waals surface area contributed by atoms with Crippen LogP contribution < -0.4 is 0 Å². The molecule has 0 bridgehead atoms. The molecule has 2 saturated carbocycles. The number of hydrogen-bond donors (Lipinski definition) is 2. The maximum atomic E-state index is 9.87. The van der Waals surface area contributed by atoms with Gasteiger partial charge in [0.2, 0.25) is 0 Å². The van der Waals surface area contributed by atoms with E-state index >= 15 is 0 Å². The number of aliphatic hydroxyl groups is 2. The van der Waals surface area contributed by atoms with Crippen LogP contribution in [0.25, 0.3) is 0 Å². The van der Waals surface area contributed by atoms with Crippen molar-refractivity contribution in [2.45, 2.75) is 52.1 Å². The Labute approximate surface area is 105 Å². The summed E-state index contributed by atoms with van der Waals surface area (Å²) < 4.78 is 0. The van der Waals surface area contributed by atoms with E-state index < -0.39 is 0 Å². The van der Waals surface area contributed by atoms with Crippen molar-refractivity contribution >= 4 is 0 Å². The molecule has 2 nitrogen and oxygen atoms in total. The standard InChI is InChI=1S/C15H26O2/c1-10(2)12-4-5-15(8-12)11(3)6-14(17)7-13(15)9-16/h11-14,16-17H,1,4-9H2,2-3H3/t11-,12-,13-,14-,15+/m0/s1. The highest BCUT2D eigenvalue weighted by molar-refractivity contribution is 5.08. The second kappa shape index (κ2) is 4.74. The average molecular weight is 238 g/mol. The zero-order valence-corrected chi connectivity index (χ0v) is 11.2. The molecule has 0 amide bonds. The maximum Gasteiger partial charge on any atom is 0.0546 e. The van der Waals surface area contributed by atoms with Crippen LogP contribution in [0, 0.1) is 23.2 Å². The predicted molar refractivity (Wildman–Crippen MR) is 69.6 cm³/mol. The molecule has 2 heteroatoms. The predicted octanol–water partition coefficient (Wildman–Crippen LogP) is 2.75. The quantitative estimate of drug-likeness (QED) is 0.726. The molecular weight excluding hydrogens is 212 g/mol. The summed E-state index contributed by atoms with van der Waals surface area (Å²) in [7, 11) is 0. The molecule has 1 spiro atoms. The Morgan fingerprint density at radius 1 is 1.41 bits per heavy atom. The van der Waals surface area contributed by atoms with E-state index in [0.29, 0.717) is 11.8 Å². The molecule has 2 fully saturated rings. The van der Waals surface area contributed by atoms with Crippen LogP contribution in [0.3, 0.4) is 0 Å². The molecule has 2 aliphatic rings. The van der Waals surface area contributed by atoms with Crippen LogP contribution in [0.5, 0.6) is 0 Å². The minimum absolute atomic E-state index is 0.211. The lowest BCUT2D eigenvalue weighted by atomic mass is 9.58. The Balaban J connectivity index is 2.19. The van der Waals surface area contributed by atoms with E-state index in [1.807, 2.05) is 0 Å². The summed E-state index contributed by atoms with van der Waals surface area (Å²) in [5, 5.41) is 19.5. The number of aliphatic hydroxyl groups excluding tert-OH is 2. The second-order valence-electron chi connectivity index (χ2n) is 6.43. The summed E-state index contributed by atoms with van der Waals surface area (Å²) in [5.41, 5.74) is 1.55. The van der Waals surface area contributed by atoms with Crippen molar-refractivity contribution in [3.05, 3.63) is 12.2 Å². The van der Waals surface area contributed by atoms with Gasteiger partial charge in [-0.2, -0.15) is 0 Å². The van der Waals surface area contributed by atoms with E-state index in [4.69, 9.17) is 0 Å². The third-order valence-electron chi connectivity index (χ3n) is 5.48. The molecule has 98 valence electrons. The summed E-state index contributed by atoms with van der Waals surface area (Å²) in [4.78, 5) is 0. The van der Waals surface area contributed by atoms with E-state index in [-0.39, 0.29) is 24.0 Å². The lowest BCUT2D eigenvalue weighted by Gasteiger charge is -2.48. The second-order valence-corrected chi connectivity index (χ2v) is 6.43. The van der Waals surface area contributed by atoms with Gasteiger partial charge in [-0.15, -0.1) is 0 Å². The first-order chi connectivity index (χ1) is 7.99. The smallest absolute Gasteiger partial charge is 0.0546 e. The van der Waals surface area contributed by atoms with Gasteiger partial charge in [0.25, 0.3) is 0 Å². The number of allylic oxidation sites excluding steroid dienone is 1. The van der Waals surface area contributed by atoms with Gasteiger partial charge in [-0.05, 0) is 62.2 Å². The molecule has 5 atom stereocenters. The Hall–Kier alpha value is -0.340. The molecule has 0 aromatic carbocycles. The Morgan fingerprint density at radius 3 is 2.65 bits per heavy atom. The minimum atomic E-state index is -0.211. The third kappa shape index (κ3) is 2.17. The molecule has 2 rings (SSSR count). The van der Waals surface area contributed by atoms with E-state index in [2.05, 4.69) is 20.4 Å². The lowest BCUT2D eigenvalue weighted by Crippen LogP contribution is -2.44. The fourth-order valence-corrected chi connectivity index (χ4v) is 4.31. The van der Waals surface area contributed by atoms with Crippen molar-refractivity contribution in [3.63, 3.8) is 0 Å². The van der Waals surface area contributed by atoms with Gasteiger partial charge in [0.15, 0.2) is 0 Å². The molecule has 2 aliphatic carbocycles. The summed E-state index contributed by atoms with van der Waals surface area (Å²) in [6, 6.07) is 0. The molecule has 17 heavy (non-hydrogen) atoms. The number of rotatable bonds is 2. The number of hydrogen-bond acceptors (Lipinski definition) is 2. The highest BCUT2D eigenvalue weighted by Crippen LogP contribution is 2.58. The van der Waals surface area contributed by atoms with Gasteiger partial charge < -0.3 is 10.2 Å². The van der Waals surface area contributed by atoms with Gasteiger partial charge >= 0.3 is 0 Å². The van der Waals surface area contributed by atoms with Gasteiger partial charge in [0.05, 0.1) is 6.10 Å². The minimum Gasteiger partial charge on any atom is -0.396 e. The monoisotopic (exact) mass is 238 g/mol. The summed E-state index contributed by atoms with van der Waals surface area (Å²) >= 11 is 0. The van der Waals surface area contributed by atoms with Crippen molar-refractivity contribution in [3.8, 4) is 0 Å². The summed E-state index contributed by atoms with van der Waals surface area (Å²) in [5.74, 6) is 1.43. The van der Waals surface area contributed by atoms with Crippen molar-refractivity contribution < 1.29 is 10.2 Å². The highest BCUT2D eigenvalue weighted by Gasteiger charge is 2.51. The SMILES string of the molecule is C=C(C)[C@H]1CC[C@]2(C1)[C@H](CO)C[C@@H](O)C[C@@H]2C. The van der Waals surface area contributed by atoms with Crippen LogP contribution in [-0.4, -0.2) is 22.9 Å². The molecule has 0 heterocycles. The third-order valence-corrected chi connectivity index (χ3v) is 5.48. The van der Waals surface area contributed by atoms with Crippen molar-refractivity contribution in [1.29, 1.82) is 0 Å². The van der Waals surface area contributed by atoms with E-state index in [1.165, 1.54) is 24.8 Å². The lowest BCUT2D eigenvalue weighted by molar-refractivity contribution is -0.0552. The topological polar surface area (TPSA) is 40.5 Å². The first-order valence-electron chi connectivity index (χ1n) is 6.94. The Bertz CT molecular complexity index is 299. The normalized spacial score (nSPS) is 46.4. The highest BCUT2D eigenvalue weighted by atomic mass is 16.3. The van der Waals surface area contributed by atoms with E-state index in [1.54, 1.807) is 0 Å². The van der Waals surface area contributed by atoms with E-state index in [0.717, 1.165) is 12.8 Å². The fourth-order valence-electron chi connectivity index (χ4n) is 4.31. The zero-order chi connectivity index (χ0) is 12.6. The fraction of sp³-hybridized carbons (Fsp3) is 0.867. The molecule has 0 aromatic heterocycles. The largest absolute Gasteiger partial charge is 0.396 e. The molecule has 0 aromatic rings. The zero-order valence-electron chi connectivity index (χ0n) is 11.2. The van der Waals surface area contributed by atoms with Crippen LogP contribution >= 0.6 is 0 Å². The summed E-state index contributed by atoms with van der Waals surface area (Å²) in [6.45, 7) is 8.70. The van der Waals surface area contributed by atoms with E-state index in [9.17, 15) is 10.2 Å². The average Bonchev–Trinajstić information content (AvgIpc) is 2.70. The van der Waals surface area contributed by atoms with Crippen molar-refractivity contribution in [1.82, 2.24) is 0 Å². The molecule has 0 radical (unpaired) electrons. The molecule has 0 unspecified atom stereocenters.